The van der Waals surface area contributed by atoms with Crippen LogP contribution >= 0.6 is 0 Å². The van der Waals surface area contributed by atoms with E-state index in [1.165, 1.54) is 6.42 Å². The van der Waals surface area contributed by atoms with Gasteiger partial charge in [0.1, 0.15) is 5.69 Å². The van der Waals surface area contributed by atoms with Gasteiger partial charge in [0.05, 0.1) is 11.0 Å². The van der Waals surface area contributed by atoms with Crippen LogP contribution in [0.4, 0.5) is 0 Å². The zero-order chi connectivity index (χ0) is 12.5. The molecule has 3 heterocycles. The van der Waals surface area contributed by atoms with E-state index < -0.39 is 0 Å². The van der Waals surface area contributed by atoms with Crippen molar-refractivity contribution in [2.75, 3.05) is 13.1 Å². The average molecular weight is 243 g/mol. The van der Waals surface area contributed by atoms with E-state index in [4.69, 9.17) is 0 Å². The Balaban J connectivity index is 1.87. The molecule has 2 aromatic rings. The number of aromatic amines is 1. The second-order valence-corrected chi connectivity index (χ2v) is 5.12. The van der Waals surface area contributed by atoms with E-state index in [2.05, 4.69) is 16.9 Å². The van der Waals surface area contributed by atoms with Crippen LogP contribution in [0.15, 0.2) is 24.4 Å². The van der Waals surface area contributed by atoms with E-state index in [0.29, 0.717) is 11.6 Å². The molecule has 0 saturated carbocycles. The Morgan fingerprint density at radius 1 is 1.56 bits per heavy atom. The number of amides is 1. The van der Waals surface area contributed by atoms with E-state index in [1.807, 2.05) is 23.1 Å². The van der Waals surface area contributed by atoms with Crippen LogP contribution in [0.25, 0.3) is 11.0 Å². The molecule has 0 spiro atoms. The number of nitrogens with zero attached hydrogens (tertiary/aromatic N) is 2. The van der Waals surface area contributed by atoms with Gasteiger partial charge < -0.3 is 9.88 Å². The van der Waals surface area contributed by atoms with Gasteiger partial charge in [-0.15, -0.1) is 0 Å². The highest BCUT2D eigenvalue weighted by Gasteiger charge is 2.23. The normalized spacial score (nSPS) is 20.3. The number of piperidine rings is 1. The van der Waals surface area contributed by atoms with Crippen molar-refractivity contribution < 1.29 is 4.79 Å². The minimum Gasteiger partial charge on any atom is -0.349 e. The molecule has 1 N–H and O–H groups in total. The molecule has 94 valence electrons. The highest BCUT2D eigenvalue weighted by atomic mass is 16.2. The van der Waals surface area contributed by atoms with Crippen molar-refractivity contribution in [3.8, 4) is 0 Å². The first-order valence-corrected chi connectivity index (χ1v) is 6.47. The molecule has 0 aliphatic carbocycles. The van der Waals surface area contributed by atoms with Crippen LogP contribution in [0.5, 0.6) is 0 Å². The van der Waals surface area contributed by atoms with Gasteiger partial charge in [0, 0.05) is 19.3 Å². The van der Waals surface area contributed by atoms with Crippen molar-refractivity contribution in [3.63, 3.8) is 0 Å². The van der Waals surface area contributed by atoms with Crippen LogP contribution in [-0.4, -0.2) is 33.9 Å². The molecular weight excluding hydrogens is 226 g/mol. The maximum absolute atomic E-state index is 12.4. The maximum atomic E-state index is 12.4. The Morgan fingerprint density at radius 3 is 3.22 bits per heavy atom. The lowest BCUT2D eigenvalue weighted by atomic mass is 10.0. The summed E-state index contributed by atoms with van der Waals surface area (Å²) >= 11 is 0. The molecule has 3 rings (SSSR count). The van der Waals surface area contributed by atoms with E-state index >= 15 is 0 Å². The Labute approximate surface area is 106 Å². The lowest BCUT2D eigenvalue weighted by Crippen LogP contribution is -2.39. The number of fused-ring (bicyclic) bond motifs is 1. The summed E-state index contributed by atoms with van der Waals surface area (Å²) in [5.41, 5.74) is 2.43. The van der Waals surface area contributed by atoms with Crippen LogP contribution in [0.3, 0.4) is 0 Å². The Morgan fingerprint density at radius 2 is 2.44 bits per heavy atom. The van der Waals surface area contributed by atoms with Crippen LogP contribution in [0.2, 0.25) is 0 Å². The molecule has 4 heteroatoms. The molecule has 1 saturated heterocycles. The third-order valence-electron chi connectivity index (χ3n) is 3.56. The molecule has 1 atom stereocenters. The molecule has 1 unspecified atom stereocenters. The van der Waals surface area contributed by atoms with Gasteiger partial charge in [-0.25, -0.2) is 0 Å². The second-order valence-electron chi connectivity index (χ2n) is 5.12. The SMILES string of the molecule is CC1CCCN(C(=O)c2cc3ncccc3[nH]2)C1. The Bertz CT molecular complexity index is 542. The van der Waals surface area contributed by atoms with E-state index in [-0.39, 0.29) is 5.91 Å². The fraction of sp³-hybridized carbons (Fsp3) is 0.429. The molecule has 4 nitrogen and oxygen atoms in total. The van der Waals surface area contributed by atoms with E-state index in [9.17, 15) is 4.79 Å². The monoisotopic (exact) mass is 243 g/mol. The molecule has 0 radical (unpaired) electrons. The van der Waals surface area contributed by atoms with Gasteiger partial charge in [0.15, 0.2) is 0 Å². The van der Waals surface area contributed by atoms with Gasteiger partial charge >= 0.3 is 0 Å². The number of pyridine rings is 1. The molecule has 2 aromatic heterocycles. The molecule has 1 aliphatic rings. The number of nitrogens with one attached hydrogen (secondary N) is 1. The summed E-state index contributed by atoms with van der Waals surface area (Å²) in [6.45, 7) is 3.93. The second kappa shape index (κ2) is 4.44. The molecule has 0 bridgehead atoms. The third-order valence-corrected chi connectivity index (χ3v) is 3.56. The number of carbonyl (C=O) groups is 1. The Hall–Kier alpha value is -1.84. The summed E-state index contributed by atoms with van der Waals surface area (Å²) in [5, 5.41) is 0. The summed E-state index contributed by atoms with van der Waals surface area (Å²) in [7, 11) is 0. The number of hydrogen-bond donors (Lipinski definition) is 1. The largest absolute Gasteiger partial charge is 0.349 e. The Kier molecular flexibility index (Phi) is 2.78. The first-order valence-electron chi connectivity index (χ1n) is 6.47. The van der Waals surface area contributed by atoms with Crippen molar-refractivity contribution >= 4 is 16.9 Å². The van der Waals surface area contributed by atoms with Crippen LogP contribution in [0, 0.1) is 5.92 Å². The van der Waals surface area contributed by atoms with Crippen molar-refractivity contribution in [2.24, 2.45) is 5.92 Å². The lowest BCUT2D eigenvalue weighted by Gasteiger charge is -2.30. The highest BCUT2D eigenvalue weighted by Crippen LogP contribution is 2.19. The zero-order valence-corrected chi connectivity index (χ0v) is 10.5. The minimum absolute atomic E-state index is 0.0968. The maximum Gasteiger partial charge on any atom is 0.270 e. The van der Waals surface area contributed by atoms with Gasteiger partial charge in [-0.05, 0) is 37.0 Å². The number of rotatable bonds is 1. The van der Waals surface area contributed by atoms with Crippen LogP contribution in [-0.2, 0) is 0 Å². The standard InChI is InChI=1S/C14H17N3O/c1-10-4-3-7-17(9-10)14(18)13-8-12-11(16-13)5-2-6-15-12/h2,5-6,8,10,16H,3-4,7,9H2,1H3. The predicted molar refractivity (Wildman–Crippen MR) is 70.4 cm³/mol. The first-order chi connectivity index (χ1) is 8.74. The van der Waals surface area contributed by atoms with Gasteiger partial charge in [0.2, 0.25) is 0 Å². The van der Waals surface area contributed by atoms with E-state index in [1.54, 1.807) is 6.20 Å². The predicted octanol–water partition coefficient (Wildman–Crippen LogP) is 2.44. The summed E-state index contributed by atoms with van der Waals surface area (Å²) in [6, 6.07) is 5.66. The smallest absolute Gasteiger partial charge is 0.270 e. The fourth-order valence-electron chi connectivity index (χ4n) is 2.62. The number of aromatic nitrogens is 2. The van der Waals surface area contributed by atoms with Gasteiger partial charge in [0.25, 0.3) is 5.91 Å². The average Bonchev–Trinajstić information content (AvgIpc) is 2.81. The minimum atomic E-state index is 0.0968. The van der Waals surface area contributed by atoms with Gasteiger partial charge in [-0.3, -0.25) is 9.78 Å². The van der Waals surface area contributed by atoms with Crippen molar-refractivity contribution in [2.45, 2.75) is 19.8 Å². The van der Waals surface area contributed by atoms with Gasteiger partial charge in [-0.1, -0.05) is 6.92 Å². The number of carbonyl (C=O) groups excluding carboxylic acids is 1. The third kappa shape index (κ3) is 1.98. The lowest BCUT2D eigenvalue weighted by molar-refractivity contribution is 0.0678. The van der Waals surface area contributed by atoms with Crippen LogP contribution in [0.1, 0.15) is 30.3 Å². The van der Waals surface area contributed by atoms with E-state index in [0.717, 1.165) is 30.5 Å². The highest BCUT2D eigenvalue weighted by molar-refractivity contribution is 5.97. The van der Waals surface area contributed by atoms with Crippen molar-refractivity contribution in [3.05, 3.63) is 30.1 Å². The van der Waals surface area contributed by atoms with Gasteiger partial charge in [-0.2, -0.15) is 0 Å². The topological polar surface area (TPSA) is 49.0 Å². The summed E-state index contributed by atoms with van der Waals surface area (Å²) < 4.78 is 0. The molecular formula is C14H17N3O. The summed E-state index contributed by atoms with van der Waals surface area (Å²) in [4.78, 5) is 21.7. The first kappa shape index (κ1) is 11.3. The number of hydrogen-bond acceptors (Lipinski definition) is 2. The quantitative estimate of drug-likeness (QED) is 0.836. The van der Waals surface area contributed by atoms with Crippen molar-refractivity contribution in [1.29, 1.82) is 0 Å². The van der Waals surface area contributed by atoms with Crippen LogP contribution < -0.4 is 0 Å². The molecule has 1 fully saturated rings. The number of H-pyrrole nitrogens is 1. The summed E-state index contributed by atoms with van der Waals surface area (Å²) in [5.74, 6) is 0.699. The number of likely N-dealkylation sites (tertiary alicyclic amines) is 1. The summed E-state index contributed by atoms with van der Waals surface area (Å²) in [6.07, 6.45) is 4.07. The zero-order valence-electron chi connectivity index (χ0n) is 10.5. The molecule has 1 aliphatic heterocycles. The fourth-order valence-corrected chi connectivity index (χ4v) is 2.62. The molecule has 1 amide bonds. The molecule has 18 heavy (non-hydrogen) atoms. The molecule has 0 aromatic carbocycles. The van der Waals surface area contributed by atoms with Crippen molar-refractivity contribution in [1.82, 2.24) is 14.9 Å².